The average molecular weight is 499 g/mol. The van der Waals surface area contributed by atoms with E-state index in [2.05, 4.69) is 41.5 Å². The lowest BCUT2D eigenvalue weighted by atomic mass is 10.2. The number of nitrogens with zero attached hydrogens (tertiary/aromatic N) is 5. The van der Waals surface area contributed by atoms with E-state index in [-0.39, 0.29) is 12.5 Å². The number of nitrogens with one attached hydrogen (secondary N) is 1. The first kappa shape index (κ1) is 21.5. The number of rotatable bonds is 8. The Hall–Kier alpha value is -3.73. The Morgan fingerprint density at radius 1 is 1.06 bits per heavy atom. The highest BCUT2D eigenvalue weighted by atomic mass is 79.9. The van der Waals surface area contributed by atoms with Crippen LogP contribution in [0.25, 0.3) is 17.0 Å². The molecule has 0 saturated heterocycles. The minimum absolute atomic E-state index is 0.236. The Bertz CT molecular complexity index is 1260. The molecular weight excluding hydrogens is 480 g/mol. The lowest BCUT2D eigenvalue weighted by Gasteiger charge is -2.09. The number of methoxy groups -OCH3 is 2. The number of pyridine rings is 1. The smallest absolute Gasteiger partial charge is 0.253 e. The SMILES string of the molecule is COc1ccc(-c2nnc3ccc(OCCNC(=O)c4cncc(Br)c4)nn23)cc1OC. The maximum Gasteiger partial charge on any atom is 0.253 e. The minimum Gasteiger partial charge on any atom is -0.493 e. The number of benzene rings is 1. The lowest BCUT2D eigenvalue weighted by molar-refractivity contribution is 0.0946. The van der Waals surface area contributed by atoms with Crippen molar-refractivity contribution in [3.8, 4) is 28.8 Å². The van der Waals surface area contributed by atoms with Gasteiger partial charge in [-0.05, 0) is 46.3 Å². The zero-order valence-electron chi connectivity index (χ0n) is 17.3. The van der Waals surface area contributed by atoms with Gasteiger partial charge in [0.05, 0.1) is 26.3 Å². The van der Waals surface area contributed by atoms with Crippen molar-refractivity contribution in [1.29, 1.82) is 0 Å². The van der Waals surface area contributed by atoms with E-state index in [4.69, 9.17) is 14.2 Å². The van der Waals surface area contributed by atoms with Gasteiger partial charge in [0.2, 0.25) is 5.88 Å². The van der Waals surface area contributed by atoms with Crippen LogP contribution in [0, 0.1) is 0 Å². The number of halogens is 1. The molecule has 3 aromatic heterocycles. The Labute approximate surface area is 191 Å². The van der Waals surface area contributed by atoms with Gasteiger partial charge < -0.3 is 19.5 Å². The van der Waals surface area contributed by atoms with Crippen LogP contribution in [0.3, 0.4) is 0 Å². The van der Waals surface area contributed by atoms with Crippen LogP contribution in [0.1, 0.15) is 10.4 Å². The molecule has 4 aromatic rings. The Kier molecular flexibility index (Phi) is 6.45. The second kappa shape index (κ2) is 9.60. The van der Waals surface area contributed by atoms with Crippen molar-refractivity contribution in [3.63, 3.8) is 0 Å². The normalized spacial score (nSPS) is 10.7. The number of amides is 1. The third-order valence-corrected chi connectivity index (χ3v) is 4.92. The van der Waals surface area contributed by atoms with Gasteiger partial charge in [-0.1, -0.05) is 0 Å². The molecule has 3 heterocycles. The highest BCUT2D eigenvalue weighted by Gasteiger charge is 2.14. The molecule has 0 radical (unpaired) electrons. The van der Waals surface area contributed by atoms with Crippen LogP contribution in [-0.4, -0.2) is 58.1 Å². The van der Waals surface area contributed by atoms with E-state index in [9.17, 15) is 4.79 Å². The lowest BCUT2D eigenvalue weighted by Crippen LogP contribution is -2.28. The van der Waals surface area contributed by atoms with Crippen molar-refractivity contribution in [2.45, 2.75) is 0 Å². The van der Waals surface area contributed by atoms with Gasteiger partial charge in [0.1, 0.15) is 6.61 Å². The van der Waals surface area contributed by atoms with Gasteiger partial charge in [-0.15, -0.1) is 15.3 Å². The number of ether oxygens (including phenoxy) is 3. The van der Waals surface area contributed by atoms with Crippen LogP contribution in [0.15, 0.2) is 53.3 Å². The first-order valence-electron chi connectivity index (χ1n) is 9.55. The summed E-state index contributed by atoms with van der Waals surface area (Å²) in [4.78, 5) is 16.1. The summed E-state index contributed by atoms with van der Waals surface area (Å²) < 4.78 is 18.7. The molecule has 164 valence electrons. The van der Waals surface area contributed by atoms with E-state index < -0.39 is 0 Å². The predicted octanol–water partition coefficient (Wildman–Crippen LogP) is 2.77. The highest BCUT2D eigenvalue weighted by Crippen LogP contribution is 2.31. The monoisotopic (exact) mass is 498 g/mol. The van der Waals surface area contributed by atoms with E-state index in [0.717, 1.165) is 10.0 Å². The van der Waals surface area contributed by atoms with E-state index in [0.29, 0.717) is 41.0 Å². The number of hydrogen-bond acceptors (Lipinski definition) is 8. The van der Waals surface area contributed by atoms with Crippen LogP contribution in [0.2, 0.25) is 0 Å². The number of carbonyl (C=O) groups is 1. The van der Waals surface area contributed by atoms with Crippen LogP contribution in [0.5, 0.6) is 17.4 Å². The van der Waals surface area contributed by atoms with Gasteiger partial charge in [-0.3, -0.25) is 9.78 Å². The first-order chi connectivity index (χ1) is 15.6. The summed E-state index contributed by atoms with van der Waals surface area (Å²) in [5.74, 6) is 1.85. The van der Waals surface area contributed by atoms with Crippen LogP contribution in [0.4, 0.5) is 0 Å². The second-order valence-corrected chi connectivity index (χ2v) is 7.45. The molecule has 0 aliphatic carbocycles. The molecule has 10 nitrogen and oxygen atoms in total. The molecule has 0 atom stereocenters. The summed E-state index contributed by atoms with van der Waals surface area (Å²) in [6.45, 7) is 0.537. The fourth-order valence-electron chi connectivity index (χ4n) is 2.96. The van der Waals surface area contributed by atoms with Gasteiger partial charge >= 0.3 is 0 Å². The summed E-state index contributed by atoms with van der Waals surface area (Å²) in [5.41, 5.74) is 1.79. The molecule has 0 aliphatic heterocycles. The average Bonchev–Trinajstić information content (AvgIpc) is 3.24. The molecule has 0 aliphatic rings. The Morgan fingerprint density at radius 3 is 2.69 bits per heavy atom. The molecule has 0 spiro atoms. The molecule has 0 fully saturated rings. The zero-order chi connectivity index (χ0) is 22.5. The van der Waals surface area contributed by atoms with Gasteiger partial charge in [-0.2, -0.15) is 4.52 Å². The molecule has 0 unspecified atom stereocenters. The molecule has 0 saturated carbocycles. The maximum absolute atomic E-state index is 12.2. The van der Waals surface area contributed by atoms with Gasteiger partial charge in [0.25, 0.3) is 5.91 Å². The fourth-order valence-corrected chi connectivity index (χ4v) is 3.33. The highest BCUT2D eigenvalue weighted by molar-refractivity contribution is 9.10. The number of fused-ring (bicyclic) bond motifs is 1. The molecular formula is C21H19BrN6O4. The van der Waals surface area contributed by atoms with E-state index in [1.54, 1.807) is 55.3 Å². The largest absolute Gasteiger partial charge is 0.493 e. The third-order valence-electron chi connectivity index (χ3n) is 4.48. The van der Waals surface area contributed by atoms with Crippen LogP contribution >= 0.6 is 15.9 Å². The Morgan fingerprint density at radius 2 is 1.91 bits per heavy atom. The van der Waals surface area contributed by atoms with Crippen molar-refractivity contribution < 1.29 is 19.0 Å². The molecule has 0 bridgehead atoms. The number of hydrogen-bond donors (Lipinski definition) is 1. The maximum atomic E-state index is 12.2. The topological polar surface area (TPSA) is 113 Å². The Balaban J connectivity index is 1.44. The molecule has 4 rings (SSSR count). The zero-order valence-corrected chi connectivity index (χ0v) is 18.9. The van der Waals surface area contributed by atoms with Crippen molar-refractivity contribution in [2.24, 2.45) is 0 Å². The molecule has 1 aromatic carbocycles. The summed E-state index contributed by atoms with van der Waals surface area (Å²) in [7, 11) is 3.15. The van der Waals surface area contributed by atoms with Crippen molar-refractivity contribution in [1.82, 2.24) is 30.1 Å². The summed E-state index contributed by atoms with van der Waals surface area (Å²) in [5, 5.41) is 15.6. The molecule has 11 heteroatoms. The molecule has 1 amide bonds. The summed E-state index contributed by atoms with van der Waals surface area (Å²) in [6.07, 6.45) is 3.11. The van der Waals surface area contributed by atoms with Gasteiger partial charge in [0.15, 0.2) is 23.0 Å². The number of aromatic nitrogens is 5. The van der Waals surface area contributed by atoms with Crippen molar-refractivity contribution in [2.75, 3.05) is 27.4 Å². The summed E-state index contributed by atoms with van der Waals surface area (Å²) in [6, 6.07) is 10.6. The molecule has 1 N–H and O–H groups in total. The molecule has 32 heavy (non-hydrogen) atoms. The van der Waals surface area contributed by atoms with Crippen molar-refractivity contribution >= 4 is 27.5 Å². The van der Waals surface area contributed by atoms with Gasteiger partial charge in [-0.25, -0.2) is 0 Å². The fraction of sp³-hybridized carbons (Fsp3) is 0.190. The van der Waals surface area contributed by atoms with Crippen LogP contribution in [-0.2, 0) is 0 Å². The quantitative estimate of drug-likeness (QED) is 0.369. The predicted molar refractivity (Wildman–Crippen MR) is 119 cm³/mol. The van der Waals surface area contributed by atoms with E-state index in [1.807, 2.05) is 6.07 Å². The van der Waals surface area contributed by atoms with E-state index >= 15 is 0 Å². The second-order valence-electron chi connectivity index (χ2n) is 6.53. The standard InChI is InChI=1S/C21H19BrN6O4/c1-30-16-4-3-13(10-17(16)31-2)20-26-25-18-5-6-19(27-28(18)20)32-8-7-24-21(29)14-9-15(22)12-23-11-14/h3-6,9-12H,7-8H2,1-2H3,(H,24,29). The third kappa shape index (κ3) is 4.62. The van der Waals surface area contributed by atoms with Crippen molar-refractivity contribution in [3.05, 3.63) is 58.8 Å². The van der Waals surface area contributed by atoms with E-state index in [1.165, 1.54) is 6.20 Å². The number of carbonyl (C=O) groups excluding carboxylic acids is 1. The van der Waals surface area contributed by atoms with Gasteiger partial charge in [0, 0.05) is 28.5 Å². The van der Waals surface area contributed by atoms with Crippen LogP contribution < -0.4 is 19.5 Å². The summed E-state index contributed by atoms with van der Waals surface area (Å²) >= 11 is 3.30. The minimum atomic E-state index is -0.236. The first-order valence-corrected chi connectivity index (χ1v) is 10.3.